The predicted octanol–water partition coefficient (Wildman–Crippen LogP) is 6.42. The van der Waals surface area contributed by atoms with Gasteiger partial charge in [0, 0.05) is 41.2 Å². The quantitative estimate of drug-likeness (QED) is 0.153. The van der Waals surface area contributed by atoms with Crippen LogP contribution in [-0.2, 0) is 27.3 Å². The van der Waals surface area contributed by atoms with Crippen LogP contribution in [0.15, 0.2) is 96.0 Å². The number of hydrogen-bond acceptors (Lipinski definition) is 7. The summed E-state index contributed by atoms with van der Waals surface area (Å²) in [5.74, 6) is 1.07. The second-order valence-electron chi connectivity index (χ2n) is 15.6. The van der Waals surface area contributed by atoms with Gasteiger partial charge in [-0.15, -0.1) is 5.10 Å². The van der Waals surface area contributed by atoms with E-state index in [0.717, 1.165) is 56.5 Å². The number of anilines is 1. The van der Waals surface area contributed by atoms with Gasteiger partial charge in [0.15, 0.2) is 0 Å². The molecule has 3 aromatic carbocycles. The van der Waals surface area contributed by atoms with Crippen molar-refractivity contribution in [1.82, 2.24) is 19.9 Å². The molecule has 2 aliphatic rings. The Kier molecular flexibility index (Phi) is 8.95. The fraction of sp³-hybridized carbons (Fsp3) is 0.375. The first kappa shape index (κ1) is 34.5. The molecule has 2 aliphatic carbocycles. The summed E-state index contributed by atoms with van der Waals surface area (Å²) >= 11 is 0. The van der Waals surface area contributed by atoms with Crippen LogP contribution in [0.25, 0.3) is 10.8 Å². The summed E-state index contributed by atoms with van der Waals surface area (Å²) in [5.41, 5.74) is 2.82. The Hall–Kier alpha value is -3.96. The van der Waals surface area contributed by atoms with Gasteiger partial charge in [-0.1, -0.05) is 81.4 Å². The average molecular weight is 706 g/mol. The highest BCUT2D eigenvalue weighted by Crippen LogP contribution is 2.43. The molecule has 0 saturated heterocycles. The van der Waals surface area contributed by atoms with Crippen molar-refractivity contribution in [2.75, 3.05) is 11.9 Å². The maximum absolute atomic E-state index is 14.7. The van der Waals surface area contributed by atoms with Crippen molar-refractivity contribution in [3.05, 3.63) is 114 Å². The Bertz CT molecular complexity index is 2080. The van der Waals surface area contributed by atoms with E-state index in [1.807, 2.05) is 57.3 Å². The van der Waals surface area contributed by atoms with Crippen LogP contribution in [0.4, 0.5) is 5.82 Å². The van der Waals surface area contributed by atoms with Crippen molar-refractivity contribution < 1.29 is 12.8 Å². The lowest BCUT2D eigenvalue weighted by atomic mass is 10.0. The summed E-state index contributed by atoms with van der Waals surface area (Å²) in [6, 6.07) is 28.9. The number of benzene rings is 3. The van der Waals surface area contributed by atoms with E-state index in [1.165, 1.54) is 0 Å². The number of sulfonamides is 1. The monoisotopic (exact) mass is 705 g/mol. The highest BCUT2D eigenvalue weighted by molar-refractivity contribution is 7.89. The van der Waals surface area contributed by atoms with Crippen molar-refractivity contribution in [1.29, 1.82) is 0 Å². The molecule has 2 aromatic heterocycles. The number of aromatic nitrogens is 3. The lowest BCUT2D eigenvalue weighted by Gasteiger charge is -2.47. The van der Waals surface area contributed by atoms with E-state index in [-0.39, 0.29) is 17.6 Å². The van der Waals surface area contributed by atoms with Crippen molar-refractivity contribution >= 4 is 45.3 Å². The molecule has 1 fully saturated rings. The van der Waals surface area contributed by atoms with Crippen molar-refractivity contribution in [3.63, 3.8) is 0 Å². The summed E-state index contributed by atoms with van der Waals surface area (Å²) in [7, 11) is -6.93. The topological polar surface area (TPSA) is 106 Å². The molecule has 0 bridgehead atoms. The number of nitrogens with one attached hydrogen (secondary N) is 2. The van der Waals surface area contributed by atoms with Gasteiger partial charge in [0.05, 0.1) is 16.2 Å². The summed E-state index contributed by atoms with van der Waals surface area (Å²) in [4.78, 5) is 5.11. The molecule has 0 amide bonds. The van der Waals surface area contributed by atoms with E-state index in [4.69, 9.17) is 9.41 Å². The predicted molar refractivity (Wildman–Crippen MR) is 203 cm³/mol. The largest absolute Gasteiger partial charge is 0.401 e. The van der Waals surface area contributed by atoms with Crippen LogP contribution >= 0.6 is 0 Å². The van der Waals surface area contributed by atoms with Crippen LogP contribution in [0.1, 0.15) is 75.9 Å². The van der Waals surface area contributed by atoms with Crippen LogP contribution in [0.3, 0.4) is 0 Å². The van der Waals surface area contributed by atoms with Gasteiger partial charge in [-0.25, -0.2) is 13.1 Å². The van der Waals surface area contributed by atoms with Gasteiger partial charge in [0.25, 0.3) is 8.32 Å². The maximum atomic E-state index is 14.7. The molecule has 1 unspecified atom stereocenters. The van der Waals surface area contributed by atoms with E-state index in [0.29, 0.717) is 29.5 Å². The number of nitrogens with zero attached hydrogens (tertiary/aromatic N) is 3. The first-order chi connectivity index (χ1) is 23.8. The molecule has 2 N–H and O–H groups in total. The number of pyridine rings is 1. The Morgan fingerprint density at radius 1 is 0.860 bits per heavy atom. The minimum Gasteiger partial charge on any atom is -0.401 e. The summed E-state index contributed by atoms with van der Waals surface area (Å²) < 4.78 is 39.9. The van der Waals surface area contributed by atoms with Gasteiger partial charge in [-0.2, -0.15) is 5.10 Å². The fourth-order valence-corrected chi connectivity index (χ4v) is 14.0. The van der Waals surface area contributed by atoms with Gasteiger partial charge in [-0.05, 0) is 97.3 Å². The molecular weight excluding hydrogens is 659 g/mol. The third-order valence-corrected chi connectivity index (χ3v) is 16.8. The molecule has 1 atom stereocenters. The van der Waals surface area contributed by atoms with E-state index in [9.17, 15) is 8.42 Å². The zero-order chi connectivity index (χ0) is 35.3. The van der Waals surface area contributed by atoms with E-state index in [2.05, 4.69) is 95.6 Å². The highest BCUT2D eigenvalue weighted by Gasteiger charge is 2.53. The number of rotatable bonds is 11. The Balaban J connectivity index is 1.24. The van der Waals surface area contributed by atoms with E-state index >= 15 is 0 Å². The molecule has 0 radical (unpaired) electrons. The number of fused-ring (bicyclic) bond motifs is 2. The normalized spacial score (nSPS) is 16.8. The molecule has 260 valence electrons. The van der Waals surface area contributed by atoms with Crippen molar-refractivity contribution in [2.45, 2.75) is 94.7 Å². The minimum absolute atomic E-state index is 0.0152. The van der Waals surface area contributed by atoms with Crippen LogP contribution in [0.5, 0.6) is 0 Å². The standard InChI is InChI=1S/C40H47N5O3SSi/c1-27-17-20-37(45-44-27)43-31-22-29-21-30-25-41-36(28-18-19-28)24-35(30)38(34(29)23-31)49(46,47)42-26-40(5,6)48-50(39(2,3)4,32-13-9-7-10-14-32)33-15-11-8-12-16-33/h7-17,20-21,24-25,28,31,42H,18-19,22-23,26H2,1-6H3,(H,43,45). The molecule has 50 heavy (non-hydrogen) atoms. The van der Waals surface area contributed by atoms with Gasteiger partial charge >= 0.3 is 0 Å². The Labute approximate surface area is 297 Å². The minimum atomic E-state index is -3.99. The maximum Gasteiger partial charge on any atom is 0.261 e. The van der Waals surface area contributed by atoms with E-state index < -0.39 is 23.9 Å². The average Bonchev–Trinajstić information content (AvgIpc) is 3.86. The van der Waals surface area contributed by atoms with Crippen molar-refractivity contribution in [3.8, 4) is 0 Å². The summed E-state index contributed by atoms with van der Waals surface area (Å²) in [6.45, 7) is 12.7. The lowest BCUT2D eigenvalue weighted by Crippen LogP contribution is -2.69. The molecule has 10 heteroatoms. The molecule has 0 spiro atoms. The first-order valence-electron chi connectivity index (χ1n) is 17.6. The zero-order valence-corrected chi connectivity index (χ0v) is 31.6. The third-order valence-electron chi connectivity index (χ3n) is 10.1. The molecule has 0 aliphatic heterocycles. The second-order valence-corrected chi connectivity index (χ2v) is 21.5. The molecule has 2 heterocycles. The summed E-state index contributed by atoms with van der Waals surface area (Å²) in [5, 5.41) is 15.6. The van der Waals surface area contributed by atoms with Crippen LogP contribution in [0, 0.1) is 6.92 Å². The van der Waals surface area contributed by atoms with Gasteiger partial charge < -0.3 is 9.74 Å². The fourth-order valence-electron chi connectivity index (χ4n) is 7.50. The summed E-state index contributed by atoms with van der Waals surface area (Å²) in [6.07, 6.45) is 5.25. The smallest absolute Gasteiger partial charge is 0.261 e. The second kappa shape index (κ2) is 13.0. The van der Waals surface area contributed by atoms with Gasteiger partial charge in [0.1, 0.15) is 5.82 Å². The molecule has 8 nitrogen and oxygen atoms in total. The van der Waals surface area contributed by atoms with Gasteiger partial charge in [0.2, 0.25) is 10.0 Å². The number of aryl methyl sites for hydroxylation is 1. The number of hydrogen-bond donors (Lipinski definition) is 2. The molecule has 7 rings (SSSR count). The van der Waals surface area contributed by atoms with Crippen LogP contribution < -0.4 is 20.4 Å². The SMILES string of the molecule is Cc1ccc(NC2Cc3cc4cnc(C5CC5)cc4c(S(=O)(=O)NCC(C)(C)O[Si](c4ccccc4)(c4ccccc4)C(C)(C)C)c3C2)nn1. The Morgan fingerprint density at radius 3 is 2.10 bits per heavy atom. The van der Waals surface area contributed by atoms with Crippen LogP contribution in [0.2, 0.25) is 5.04 Å². The molecule has 5 aromatic rings. The first-order valence-corrected chi connectivity index (χ1v) is 21.0. The molecular formula is C40H47N5O3SSi. The lowest BCUT2D eigenvalue weighted by molar-refractivity contribution is 0.102. The highest BCUT2D eigenvalue weighted by atomic mass is 32.2. The zero-order valence-electron chi connectivity index (χ0n) is 29.8. The Morgan fingerprint density at radius 2 is 1.52 bits per heavy atom. The van der Waals surface area contributed by atoms with Crippen molar-refractivity contribution in [2.24, 2.45) is 0 Å². The van der Waals surface area contributed by atoms with E-state index in [1.54, 1.807) is 0 Å². The van der Waals surface area contributed by atoms with Crippen LogP contribution in [-0.4, -0.2) is 50.1 Å². The van der Waals surface area contributed by atoms with Gasteiger partial charge in [-0.3, -0.25) is 4.98 Å². The third kappa shape index (κ3) is 6.74. The molecule has 1 saturated carbocycles.